The highest BCUT2D eigenvalue weighted by Gasteiger charge is 2.32. The van der Waals surface area contributed by atoms with Crippen molar-refractivity contribution in [1.82, 2.24) is 0 Å². The van der Waals surface area contributed by atoms with Crippen molar-refractivity contribution in [2.24, 2.45) is 0 Å². The number of para-hydroxylation sites is 1. The van der Waals surface area contributed by atoms with E-state index in [2.05, 4.69) is 5.32 Å². The normalized spacial score (nSPS) is 12.5. The molecular weight excluding hydrogens is 372 g/mol. The smallest absolute Gasteiger partial charge is 0.248 e. The number of hydrogen-bond donors (Lipinski definition) is 1. The van der Waals surface area contributed by atoms with E-state index >= 15 is 0 Å². The second-order valence-corrected chi connectivity index (χ2v) is 8.83. The molecule has 6 heteroatoms. The first-order chi connectivity index (χ1) is 13.2. The van der Waals surface area contributed by atoms with Crippen molar-refractivity contribution < 1.29 is 13.2 Å². The highest BCUT2D eigenvalue weighted by atomic mass is 32.2. The zero-order chi connectivity index (χ0) is 20.9. The number of rotatable bonds is 8. The van der Waals surface area contributed by atoms with E-state index in [4.69, 9.17) is 0 Å². The second kappa shape index (κ2) is 9.24. The van der Waals surface area contributed by atoms with Crippen molar-refractivity contribution in [3.8, 4) is 0 Å². The van der Waals surface area contributed by atoms with Gasteiger partial charge >= 0.3 is 0 Å². The van der Waals surface area contributed by atoms with Gasteiger partial charge in [0.05, 0.1) is 11.9 Å². The van der Waals surface area contributed by atoms with Gasteiger partial charge < -0.3 is 5.32 Å². The Morgan fingerprint density at radius 2 is 1.61 bits per heavy atom. The van der Waals surface area contributed by atoms with E-state index in [-0.39, 0.29) is 5.91 Å². The quantitative estimate of drug-likeness (QED) is 0.716. The predicted octanol–water partition coefficient (Wildman–Crippen LogP) is 4.30. The lowest BCUT2D eigenvalue weighted by Crippen LogP contribution is -2.47. The third-order valence-electron chi connectivity index (χ3n) is 4.83. The zero-order valence-electron chi connectivity index (χ0n) is 17.3. The number of hydrogen-bond acceptors (Lipinski definition) is 3. The van der Waals surface area contributed by atoms with Crippen LogP contribution in [0, 0.1) is 6.92 Å². The first-order valence-electron chi connectivity index (χ1n) is 9.70. The molecule has 0 saturated carbocycles. The Hall–Kier alpha value is -2.34. The van der Waals surface area contributed by atoms with Gasteiger partial charge in [-0.05, 0) is 55.0 Å². The highest BCUT2D eigenvalue weighted by Crippen LogP contribution is 2.27. The van der Waals surface area contributed by atoms with Crippen molar-refractivity contribution in [3.05, 3.63) is 59.2 Å². The van der Waals surface area contributed by atoms with Crippen molar-refractivity contribution in [1.29, 1.82) is 0 Å². The predicted molar refractivity (Wildman–Crippen MR) is 116 cm³/mol. The average molecular weight is 403 g/mol. The zero-order valence-corrected chi connectivity index (χ0v) is 18.1. The number of carbonyl (C=O) groups is 1. The van der Waals surface area contributed by atoms with Crippen molar-refractivity contribution >= 4 is 27.3 Å². The molecule has 2 aromatic carbocycles. The van der Waals surface area contributed by atoms with E-state index in [1.165, 1.54) is 4.31 Å². The summed E-state index contributed by atoms with van der Waals surface area (Å²) < 4.78 is 26.4. The van der Waals surface area contributed by atoms with Gasteiger partial charge in [0.25, 0.3) is 0 Å². The van der Waals surface area contributed by atoms with E-state index in [0.29, 0.717) is 12.1 Å². The standard InChI is InChI=1S/C22H30N2O3S/c1-6-17-12-10-13-18(7-2)21(17)23-22(25)20(8-3)24(28(5,26)27)19-14-9-11-16(4)15-19/h9-15,20H,6-8H2,1-5H3,(H,23,25)/t20-/m1/s1. The van der Waals surface area contributed by atoms with Crippen LogP contribution >= 0.6 is 0 Å². The molecule has 0 aliphatic rings. The maximum Gasteiger partial charge on any atom is 0.248 e. The molecule has 2 aromatic rings. The molecule has 0 aliphatic carbocycles. The van der Waals surface area contributed by atoms with E-state index in [1.54, 1.807) is 18.2 Å². The molecule has 0 aromatic heterocycles. The summed E-state index contributed by atoms with van der Waals surface area (Å²) in [5, 5.41) is 3.02. The van der Waals surface area contributed by atoms with E-state index in [9.17, 15) is 13.2 Å². The van der Waals surface area contributed by atoms with Gasteiger partial charge in [-0.1, -0.05) is 51.1 Å². The van der Waals surface area contributed by atoms with Gasteiger partial charge in [-0.3, -0.25) is 9.10 Å². The summed E-state index contributed by atoms with van der Waals surface area (Å²) in [6.45, 7) is 7.80. The van der Waals surface area contributed by atoms with Crippen LogP contribution in [0.4, 0.5) is 11.4 Å². The Morgan fingerprint density at radius 1 is 1.04 bits per heavy atom. The topological polar surface area (TPSA) is 66.5 Å². The lowest BCUT2D eigenvalue weighted by molar-refractivity contribution is -0.117. The third kappa shape index (κ3) is 4.93. The molecule has 0 fully saturated rings. The van der Waals surface area contributed by atoms with Crippen LogP contribution in [-0.4, -0.2) is 26.6 Å². The van der Waals surface area contributed by atoms with Crippen LogP contribution in [0.2, 0.25) is 0 Å². The molecule has 1 N–H and O–H groups in total. The highest BCUT2D eigenvalue weighted by molar-refractivity contribution is 7.92. The number of carbonyl (C=O) groups excluding carboxylic acids is 1. The van der Waals surface area contributed by atoms with Crippen LogP contribution in [0.5, 0.6) is 0 Å². The Kier molecular flexibility index (Phi) is 7.24. The first kappa shape index (κ1) is 22.0. The van der Waals surface area contributed by atoms with Crippen molar-refractivity contribution in [3.63, 3.8) is 0 Å². The van der Waals surface area contributed by atoms with E-state index in [0.717, 1.165) is 41.5 Å². The molecule has 0 bridgehead atoms. The van der Waals surface area contributed by atoms with E-state index < -0.39 is 16.1 Å². The third-order valence-corrected chi connectivity index (χ3v) is 6.01. The van der Waals surface area contributed by atoms with Gasteiger partial charge in [0, 0.05) is 5.69 Å². The Morgan fingerprint density at radius 3 is 2.07 bits per heavy atom. The molecule has 1 amide bonds. The Labute approximate surface area is 168 Å². The molecule has 5 nitrogen and oxygen atoms in total. The Bertz CT molecular complexity index is 916. The minimum atomic E-state index is -3.64. The molecule has 0 aliphatic heterocycles. The fourth-order valence-electron chi connectivity index (χ4n) is 3.43. The SMILES string of the molecule is CCc1cccc(CC)c1NC(=O)[C@@H](CC)N(c1cccc(C)c1)S(C)(=O)=O. The summed E-state index contributed by atoms with van der Waals surface area (Å²) in [6.07, 6.45) is 3.08. The molecule has 28 heavy (non-hydrogen) atoms. The molecule has 1 atom stereocenters. The van der Waals surface area contributed by atoms with Crippen LogP contribution in [0.25, 0.3) is 0 Å². The van der Waals surface area contributed by atoms with Gasteiger partial charge in [0.1, 0.15) is 6.04 Å². The van der Waals surface area contributed by atoms with Crippen molar-refractivity contribution in [2.45, 2.75) is 53.0 Å². The van der Waals surface area contributed by atoms with Crippen LogP contribution in [-0.2, 0) is 27.7 Å². The summed E-state index contributed by atoms with van der Waals surface area (Å²) in [7, 11) is -3.64. The van der Waals surface area contributed by atoms with Gasteiger partial charge in [-0.15, -0.1) is 0 Å². The number of nitrogens with one attached hydrogen (secondary N) is 1. The minimum Gasteiger partial charge on any atom is -0.324 e. The number of nitrogens with zero attached hydrogens (tertiary/aromatic N) is 1. The number of anilines is 2. The van der Waals surface area contributed by atoms with Crippen molar-refractivity contribution in [2.75, 3.05) is 15.9 Å². The molecule has 0 heterocycles. The fourth-order valence-corrected chi connectivity index (χ4v) is 4.64. The molecule has 0 saturated heterocycles. The van der Waals surface area contributed by atoms with Gasteiger partial charge in [-0.2, -0.15) is 0 Å². The second-order valence-electron chi connectivity index (χ2n) is 6.97. The lowest BCUT2D eigenvalue weighted by Gasteiger charge is -2.30. The molecule has 2 rings (SSSR count). The fraction of sp³-hybridized carbons (Fsp3) is 0.409. The van der Waals surface area contributed by atoms with Gasteiger partial charge in [0.15, 0.2) is 0 Å². The first-order valence-corrected chi connectivity index (χ1v) is 11.5. The van der Waals surface area contributed by atoms with Gasteiger partial charge in [0.2, 0.25) is 15.9 Å². The summed E-state index contributed by atoms with van der Waals surface area (Å²) in [5.41, 5.74) is 4.33. The molecule has 152 valence electrons. The van der Waals surface area contributed by atoms with Crippen LogP contribution in [0.3, 0.4) is 0 Å². The molecule has 0 spiro atoms. The monoisotopic (exact) mass is 402 g/mol. The molecule has 0 unspecified atom stereocenters. The summed E-state index contributed by atoms with van der Waals surface area (Å²) >= 11 is 0. The summed E-state index contributed by atoms with van der Waals surface area (Å²) in [5.74, 6) is -0.315. The summed E-state index contributed by atoms with van der Waals surface area (Å²) in [6, 6.07) is 12.3. The maximum absolute atomic E-state index is 13.2. The number of aryl methyl sites for hydroxylation is 3. The number of benzene rings is 2. The number of sulfonamides is 1. The lowest BCUT2D eigenvalue weighted by atomic mass is 10.0. The molecule has 0 radical (unpaired) electrons. The molecular formula is C22H30N2O3S. The maximum atomic E-state index is 13.2. The van der Waals surface area contributed by atoms with Crippen LogP contribution in [0.1, 0.15) is 43.9 Å². The minimum absolute atomic E-state index is 0.315. The summed E-state index contributed by atoms with van der Waals surface area (Å²) in [4.78, 5) is 13.2. The van der Waals surface area contributed by atoms with Gasteiger partial charge in [-0.25, -0.2) is 8.42 Å². The largest absolute Gasteiger partial charge is 0.324 e. The van der Waals surface area contributed by atoms with Crippen LogP contribution in [0.15, 0.2) is 42.5 Å². The number of amides is 1. The average Bonchev–Trinajstić information content (AvgIpc) is 2.64. The van der Waals surface area contributed by atoms with E-state index in [1.807, 2.05) is 52.0 Å². The Balaban J connectivity index is 2.46. The van der Waals surface area contributed by atoms with Crippen LogP contribution < -0.4 is 9.62 Å².